The molecule has 0 N–H and O–H groups in total. The summed E-state index contributed by atoms with van der Waals surface area (Å²) < 4.78 is 2.14. The molecule has 96 valence electrons. The van der Waals surface area contributed by atoms with Gasteiger partial charge in [-0.25, -0.2) is 0 Å². The Kier molecular flexibility index (Phi) is 4.07. The van der Waals surface area contributed by atoms with E-state index in [9.17, 15) is 0 Å². The van der Waals surface area contributed by atoms with Gasteiger partial charge in [0.25, 0.3) is 0 Å². The number of nitrogens with zero attached hydrogens (tertiary/aromatic N) is 4. The summed E-state index contributed by atoms with van der Waals surface area (Å²) in [5.41, 5.74) is 1.11. The highest BCUT2D eigenvalue weighted by atomic mass is 15.3. The van der Waals surface area contributed by atoms with Crippen LogP contribution in [0.4, 0.5) is 0 Å². The van der Waals surface area contributed by atoms with Crippen LogP contribution in [0.2, 0.25) is 0 Å². The summed E-state index contributed by atoms with van der Waals surface area (Å²) in [5, 5.41) is 8.27. The van der Waals surface area contributed by atoms with Gasteiger partial charge in [-0.05, 0) is 18.1 Å². The normalized spacial score (nSPS) is 12.9. The van der Waals surface area contributed by atoms with Crippen molar-refractivity contribution in [3.63, 3.8) is 0 Å². The van der Waals surface area contributed by atoms with Crippen LogP contribution < -0.4 is 0 Å². The molecule has 2 heterocycles. The van der Waals surface area contributed by atoms with Crippen LogP contribution in [0.25, 0.3) is 0 Å². The summed E-state index contributed by atoms with van der Waals surface area (Å²) in [6.45, 7) is 7.51. The van der Waals surface area contributed by atoms with E-state index in [1.807, 2.05) is 24.7 Å². The minimum Gasteiger partial charge on any atom is -0.317 e. The number of aromatic nitrogens is 4. The zero-order chi connectivity index (χ0) is 13.0. The van der Waals surface area contributed by atoms with Crippen molar-refractivity contribution < 1.29 is 0 Å². The predicted octanol–water partition coefficient (Wildman–Crippen LogP) is 2.68. The van der Waals surface area contributed by atoms with Crippen molar-refractivity contribution in [2.45, 2.75) is 39.7 Å². The number of pyridine rings is 1. The van der Waals surface area contributed by atoms with Crippen LogP contribution in [0.3, 0.4) is 0 Å². The highest BCUT2D eigenvalue weighted by Crippen LogP contribution is 2.21. The standard InChI is InChI=1S/C14H20N4/c1-11(2)12(3)14-17-16-10-18(14)9-7-13-6-4-5-8-15-13/h4-6,8,10-12H,7,9H2,1-3H3. The van der Waals surface area contributed by atoms with Crippen LogP contribution in [-0.4, -0.2) is 19.7 Å². The molecule has 2 rings (SSSR count). The smallest absolute Gasteiger partial charge is 0.135 e. The van der Waals surface area contributed by atoms with Gasteiger partial charge in [0.2, 0.25) is 0 Å². The van der Waals surface area contributed by atoms with Gasteiger partial charge in [0.1, 0.15) is 12.2 Å². The number of aryl methyl sites for hydroxylation is 2. The Morgan fingerprint density at radius 3 is 2.72 bits per heavy atom. The fraction of sp³-hybridized carbons (Fsp3) is 0.500. The molecule has 2 aromatic heterocycles. The van der Waals surface area contributed by atoms with Crippen LogP contribution in [0.1, 0.15) is 38.2 Å². The van der Waals surface area contributed by atoms with Gasteiger partial charge < -0.3 is 4.57 Å². The Balaban J connectivity index is 2.04. The Hall–Kier alpha value is -1.71. The summed E-state index contributed by atoms with van der Waals surface area (Å²) in [4.78, 5) is 4.33. The average molecular weight is 244 g/mol. The molecule has 18 heavy (non-hydrogen) atoms. The molecule has 0 aliphatic carbocycles. The van der Waals surface area contributed by atoms with Gasteiger partial charge in [0.05, 0.1) is 0 Å². The zero-order valence-corrected chi connectivity index (χ0v) is 11.2. The van der Waals surface area contributed by atoms with Crippen LogP contribution in [0, 0.1) is 5.92 Å². The third-order valence-electron chi connectivity index (χ3n) is 3.39. The number of rotatable bonds is 5. The first-order valence-corrected chi connectivity index (χ1v) is 6.46. The lowest BCUT2D eigenvalue weighted by Gasteiger charge is -2.15. The lowest BCUT2D eigenvalue weighted by atomic mass is 9.97. The Morgan fingerprint density at radius 2 is 2.06 bits per heavy atom. The summed E-state index contributed by atoms with van der Waals surface area (Å²) in [6, 6.07) is 6.01. The van der Waals surface area contributed by atoms with Crippen molar-refractivity contribution in [3.8, 4) is 0 Å². The first kappa shape index (κ1) is 12.7. The molecule has 0 fully saturated rings. The molecule has 0 radical (unpaired) electrons. The van der Waals surface area contributed by atoms with E-state index < -0.39 is 0 Å². The molecule has 0 aromatic carbocycles. The molecular weight excluding hydrogens is 224 g/mol. The van der Waals surface area contributed by atoms with Crippen LogP contribution in [0.5, 0.6) is 0 Å². The molecule has 4 heteroatoms. The van der Waals surface area contributed by atoms with Crippen molar-refractivity contribution >= 4 is 0 Å². The van der Waals surface area contributed by atoms with E-state index in [1.54, 1.807) is 0 Å². The van der Waals surface area contributed by atoms with Gasteiger partial charge in [-0.2, -0.15) is 0 Å². The Bertz CT molecular complexity index is 476. The first-order valence-electron chi connectivity index (χ1n) is 6.46. The van der Waals surface area contributed by atoms with Crippen molar-refractivity contribution in [3.05, 3.63) is 42.2 Å². The molecule has 0 aliphatic rings. The second kappa shape index (κ2) is 5.76. The lowest BCUT2D eigenvalue weighted by Crippen LogP contribution is -2.12. The van der Waals surface area contributed by atoms with Crippen LogP contribution in [0.15, 0.2) is 30.7 Å². The fourth-order valence-corrected chi connectivity index (χ4v) is 1.87. The van der Waals surface area contributed by atoms with Gasteiger partial charge in [-0.3, -0.25) is 4.98 Å². The summed E-state index contributed by atoms with van der Waals surface area (Å²) in [5.74, 6) is 2.07. The Morgan fingerprint density at radius 1 is 1.22 bits per heavy atom. The average Bonchev–Trinajstić information content (AvgIpc) is 2.84. The predicted molar refractivity (Wildman–Crippen MR) is 71.2 cm³/mol. The molecule has 0 amide bonds. The minimum absolute atomic E-state index is 0.427. The highest BCUT2D eigenvalue weighted by molar-refractivity contribution is 5.04. The highest BCUT2D eigenvalue weighted by Gasteiger charge is 2.16. The van der Waals surface area contributed by atoms with E-state index in [-0.39, 0.29) is 0 Å². The zero-order valence-electron chi connectivity index (χ0n) is 11.2. The van der Waals surface area contributed by atoms with Crippen LogP contribution in [-0.2, 0) is 13.0 Å². The largest absolute Gasteiger partial charge is 0.317 e. The maximum Gasteiger partial charge on any atom is 0.135 e. The maximum atomic E-state index is 4.33. The molecule has 0 spiro atoms. The topological polar surface area (TPSA) is 43.6 Å². The Labute approximate surface area is 108 Å². The third kappa shape index (κ3) is 2.94. The van der Waals surface area contributed by atoms with Gasteiger partial charge >= 0.3 is 0 Å². The molecule has 0 saturated carbocycles. The minimum atomic E-state index is 0.427. The molecule has 2 aromatic rings. The SMILES string of the molecule is CC(C)C(C)c1nncn1CCc1ccccn1. The molecule has 1 unspecified atom stereocenters. The lowest BCUT2D eigenvalue weighted by molar-refractivity contribution is 0.481. The third-order valence-corrected chi connectivity index (χ3v) is 3.39. The fourth-order valence-electron chi connectivity index (χ4n) is 1.87. The molecule has 0 saturated heterocycles. The molecule has 0 aliphatic heterocycles. The van der Waals surface area contributed by atoms with Crippen molar-refractivity contribution in [1.29, 1.82) is 0 Å². The van der Waals surface area contributed by atoms with Crippen molar-refractivity contribution in [2.24, 2.45) is 5.92 Å². The second-order valence-corrected chi connectivity index (χ2v) is 4.99. The van der Waals surface area contributed by atoms with E-state index in [1.165, 1.54) is 0 Å². The van der Waals surface area contributed by atoms with Crippen molar-refractivity contribution in [1.82, 2.24) is 19.7 Å². The number of hydrogen-bond acceptors (Lipinski definition) is 3. The van der Waals surface area contributed by atoms with Gasteiger partial charge in [0, 0.05) is 30.8 Å². The van der Waals surface area contributed by atoms with E-state index in [0.29, 0.717) is 11.8 Å². The van der Waals surface area contributed by atoms with Crippen LogP contribution >= 0.6 is 0 Å². The van der Waals surface area contributed by atoms with Gasteiger partial charge in [0.15, 0.2) is 0 Å². The van der Waals surface area contributed by atoms with E-state index in [4.69, 9.17) is 0 Å². The molecular formula is C14H20N4. The summed E-state index contributed by atoms with van der Waals surface area (Å²) in [7, 11) is 0. The quantitative estimate of drug-likeness (QED) is 0.812. The monoisotopic (exact) mass is 244 g/mol. The van der Waals surface area contributed by atoms with E-state index in [2.05, 4.69) is 46.6 Å². The maximum absolute atomic E-state index is 4.33. The van der Waals surface area contributed by atoms with Gasteiger partial charge in [-0.15, -0.1) is 10.2 Å². The van der Waals surface area contributed by atoms with Crippen molar-refractivity contribution in [2.75, 3.05) is 0 Å². The summed E-state index contributed by atoms with van der Waals surface area (Å²) >= 11 is 0. The number of hydrogen-bond donors (Lipinski definition) is 0. The van der Waals surface area contributed by atoms with E-state index in [0.717, 1.165) is 24.5 Å². The first-order chi connectivity index (χ1) is 8.68. The second-order valence-electron chi connectivity index (χ2n) is 4.99. The molecule has 1 atom stereocenters. The molecule has 4 nitrogen and oxygen atoms in total. The van der Waals surface area contributed by atoms with E-state index >= 15 is 0 Å². The van der Waals surface area contributed by atoms with Gasteiger partial charge in [-0.1, -0.05) is 26.8 Å². The molecule has 0 bridgehead atoms. The summed E-state index contributed by atoms with van der Waals surface area (Å²) in [6.07, 6.45) is 4.56.